The van der Waals surface area contributed by atoms with Gasteiger partial charge in [-0.3, -0.25) is 0 Å². The minimum Gasteiger partial charge on any atom is -0.504 e. The number of aliphatic hydroxyl groups excluding tert-OH is 2. The van der Waals surface area contributed by atoms with E-state index in [1.165, 1.54) is 0 Å². The van der Waals surface area contributed by atoms with Gasteiger partial charge in [0.25, 0.3) is 0 Å². The summed E-state index contributed by atoms with van der Waals surface area (Å²) < 4.78 is 0. The second-order valence-corrected chi connectivity index (χ2v) is 2.35. The molecule has 0 heterocycles. The fourth-order valence-electron chi connectivity index (χ4n) is 0.825. The Kier molecular flexibility index (Phi) is 1.47. The van der Waals surface area contributed by atoms with Crippen LogP contribution in [0.2, 0.25) is 0 Å². The highest BCUT2D eigenvalue weighted by atomic mass is 16.3. The number of allylic oxidation sites excluding steroid dienone is 2. The summed E-state index contributed by atoms with van der Waals surface area (Å²) in [5.74, 6) is 0.364. The SMILES string of the molecule is C[C@@H]1C=C(O)C(O)=CC1. The van der Waals surface area contributed by atoms with Crippen LogP contribution in [-0.4, -0.2) is 10.2 Å². The molecule has 2 nitrogen and oxygen atoms in total. The lowest BCUT2D eigenvalue weighted by atomic mass is 10.0. The summed E-state index contributed by atoms with van der Waals surface area (Å²) in [4.78, 5) is 0. The summed E-state index contributed by atoms with van der Waals surface area (Å²) in [6.45, 7) is 1.99. The molecule has 0 aromatic heterocycles. The number of aliphatic hydroxyl groups is 2. The molecular weight excluding hydrogens is 116 g/mol. The lowest BCUT2D eigenvalue weighted by molar-refractivity contribution is 0.314. The van der Waals surface area contributed by atoms with Crippen LogP contribution < -0.4 is 0 Å². The summed E-state index contributed by atoms with van der Waals surface area (Å²) in [5, 5.41) is 17.7. The second-order valence-electron chi connectivity index (χ2n) is 2.35. The lowest BCUT2D eigenvalue weighted by Crippen LogP contribution is -1.99. The molecule has 0 saturated heterocycles. The molecule has 0 radical (unpaired) electrons. The molecule has 9 heavy (non-hydrogen) atoms. The van der Waals surface area contributed by atoms with Crippen LogP contribution in [-0.2, 0) is 0 Å². The highest BCUT2D eigenvalue weighted by Crippen LogP contribution is 2.18. The van der Waals surface area contributed by atoms with Gasteiger partial charge in [-0.1, -0.05) is 6.92 Å². The van der Waals surface area contributed by atoms with Crippen molar-refractivity contribution in [1.82, 2.24) is 0 Å². The maximum Gasteiger partial charge on any atom is 0.153 e. The maximum absolute atomic E-state index is 8.89. The van der Waals surface area contributed by atoms with Gasteiger partial charge in [-0.2, -0.15) is 0 Å². The van der Waals surface area contributed by atoms with Crippen LogP contribution in [0.25, 0.3) is 0 Å². The first-order chi connectivity index (χ1) is 4.20. The summed E-state index contributed by atoms with van der Waals surface area (Å²) in [7, 11) is 0. The van der Waals surface area contributed by atoms with Crippen LogP contribution in [0.1, 0.15) is 13.3 Å². The summed E-state index contributed by atoms with van der Waals surface area (Å²) in [6, 6.07) is 0. The number of hydrogen-bond donors (Lipinski definition) is 2. The molecule has 0 unspecified atom stereocenters. The van der Waals surface area contributed by atoms with Gasteiger partial charge >= 0.3 is 0 Å². The zero-order valence-corrected chi connectivity index (χ0v) is 5.33. The van der Waals surface area contributed by atoms with E-state index in [2.05, 4.69) is 0 Å². The van der Waals surface area contributed by atoms with Crippen molar-refractivity contribution in [3.8, 4) is 0 Å². The van der Waals surface area contributed by atoms with Crippen molar-refractivity contribution >= 4 is 0 Å². The Morgan fingerprint density at radius 2 is 2.11 bits per heavy atom. The van der Waals surface area contributed by atoms with Crippen LogP contribution in [0.3, 0.4) is 0 Å². The van der Waals surface area contributed by atoms with Crippen LogP contribution >= 0.6 is 0 Å². The molecule has 0 spiro atoms. The molecule has 2 N–H and O–H groups in total. The van der Waals surface area contributed by atoms with E-state index < -0.39 is 0 Å². The van der Waals surface area contributed by atoms with Crippen molar-refractivity contribution in [1.29, 1.82) is 0 Å². The van der Waals surface area contributed by atoms with Crippen molar-refractivity contribution < 1.29 is 10.2 Å². The molecule has 0 fully saturated rings. The zero-order valence-electron chi connectivity index (χ0n) is 5.33. The number of hydrogen-bond acceptors (Lipinski definition) is 2. The van der Waals surface area contributed by atoms with Crippen LogP contribution in [0.5, 0.6) is 0 Å². The molecule has 1 aliphatic carbocycles. The first-order valence-corrected chi connectivity index (χ1v) is 3.00. The first-order valence-electron chi connectivity index (χ1n) is 3.00. The predicted octanol–water partition coefficient (Wildman–Crippen LogP) is 1.91. The third-order valence-electron chi connectivity index (χ3n) is 1.39. The molecule has 0 bridgehead atoms. The molecular formula is C7H10O2. The van der Waals surface area contributed by atoms with Gasteiger partial charge in [-0.25, -0.2) is 0 Å². The smallest absolute Gasteiger partial charge is 0.153 e. The average Bonchev–Trinajstić information content (AvgIpc) is 1.80. The first kappa shape index (κ1) is 6.20. The Balaban J connectivity index is 2.75. The molecule has 1 aliphatic rings. The van der Waals surface area contributed by atoms with Gasteiger partial charge < -0.3 is 10.2 Å². The van der Waals surface area contributed by atoms with Crippen molar-refractivity contribution in [2.24, 2.45) is 5.92 Å². The van der Waals surface area contributed by atoms with E-state index in [1.54, 1.807) is 12.2 Å². The topological polar surface area (TPSA) is 40.5 Å². The lowest BCUT2D eigenvalue weighted by Gasteiger charge is -2.09. The fraction of sp³-hybridized carbons (Fsp3) is 0.429. The third kappa shape index (κ3) is 1.25. The van der Waals surface area contributed by atoms with Gasteiger partial charge in [-0.05, 0) is 24.5 Å². The second kappa shape index (κ2) is 2.13. The highest BCUT2D eigenvalue weighted by molar-refractivity contribution is 5.22. The Hall–Kier alpha value is -0.920. The van der Waals surface area contributed by atoms with Gasteiger partial charge in [0, 0.05) is 0 Å². The summed E-state index contributed by atoms with van der Waals surface area (Å²) in [5.41, 5.74) is 0. The summed E-state index contributed by atoms with van der Waals surface area (Å²) >= 11 is 0. The van der Waals surface area contributed by atoms with Crippen LogP contribution in [0.15, 0.2) is 23.7 Å². The number of rotatable bonds is 0. The Labute approximate surface area is 54.1 Å². The van der Waals surface area contributed by atoms with Gasteiger partial charge in [-0.15, -0.1) is 0 Å². The summed E-state index contributed by atoms with van der Waals surface area (Å²) in [6.07, 6.45) is 4.09. The molecule has 2 heteroatoms. The average molecular weight is 126 g/mol. The van der Waals surface area contributed by atoms with E-state index in [0.29, 0.717) is 5.92 Å². The molecule has 0 saturated carbocycles. The Morgan fingerprint density at radius 1 is 1.44 bits per heavy atom. The van der Waals surface area contributed by atoms with Crippen molar-refractivity contribution in [3.63, 3.8) is 0 Å². The fourth-order valence-corrected chi connectivity index (χ4v) is 0.825. The van der Waals surface area contributed by atoms with E-state index in [4.69, 9.17) is 10.2 Å². The van der Waals surface area contributed by atoms with Crippen molar-refractivity contribution in [3.05, 3.63) is 23.7 Å². The van der Waals surface area contributed by atoms with Gasteiger partial charge in [0.15, 0.2) is 11.5 Å². The maximum atomic E-state index is 8.89. The minimum atomic E-state index is 0.00750. The standard InChI is InChI=1S/C7H10O2/c1-5-2-3-6(8)7(9)4-5/h3-5,8-9H,2H2,1H3/t5-/m0/s1. The van der Waals surface area contributed by atoms with Crippen molar-refractivity contribution in [2.45, 2.75) is 13.3 Å². The van der Waals surface area contributed by atoms with Gasteiger partial charge in [0.05, 0.1) is 0 Å². The molecule has 0 aromatic carbocycles. The van der Waals surface area contributed by atoms with E-state index in [1.807, 2.05) is 6.92 Å². The molecule has 0 amide bonds. The highest BCUT2D eigenvalue weighted by Gasteiger charge is 2.08. The Bertz CT molecular complexity index is 168. The molecule has 0 aromatic rings. The van der Waals surface area contributed by atoms with Crippen LogP contribution in [0, 0.1) is 5.92 Å². The zero-order chi connectivity index (χ0) is 6.85. The van der Waals surface area contributed by atoms with Gasteiger partial charge in [0.2, 0.25) is 0 Å². The minimum absolute atomic E-state index is 0.00750. The quantitative estimate of drug-likeness (QED) is 0.520. The van der Waals surface area contributed by atoms with E-state index in [9.17, 15) is 0 Å². The van der Waals surface area contributed by atoms with E-state index in [-0.39, 0.29) is 11.5 Å². The predicted molar refractivity (Wildman–Crippen MR) is 35.2 cm³/mol. The van der Waals surface area contributed by atoms with Crippen molar-refractivity contribution in [2.75, 3.05) is 0 Å². The van der Waals surface area contributed by atoms with Crippen LogP contribution in [0.4, 0.5) is 0 Å². The monoisotopic (exact) mass is 126 g/mol. The molecule has 0 aliphatic heterocycles. The largest absolute Gasteiger partial charge is 0.504 e. The van der Waals surface area contributed by atoms with Gasteiger partial charge in [0.1, 0.15) is 0 Å². The molecule has 50 valence electrons. The Morgan fingerprint density at radius 3 is 2.56 bits per heavy atom. The normalized spacial score (nSPS) is 27.0. The third-order valence-corrected chi connectivity index (χ3v) is 1.39. The van der Waals surface area contributed by atoms with E-state index in [0.717, 1.165) is 6.42 Å². The molecule has 1 atom stereocenters. The molecule has 1 rings (SSSR count). The van der Waals surface area contributed by atoms with E-state index >= 15 is 0 Å².